The third kappa shape index (κ3) is 4.72. The summed E-state index contributed by atoms with van der Waals surface area (Å²) in [6.07, 6.45) is 7.12. The van der Waals surface area contributed by atoms with E-state index < -0.39 is 0 Å². The summed E-state index contributed by atoms with van der Waals surface area (Å²) in [7, 11) is 1.39. The summed E-state index contributed by atoms with van der Waals surface area (Å²) in [5.74, 6) is -0.0851. The number of carbonyl (C=O) groups is 1. The van der Waals surface area contributed by atoms with Gasteiger partial charge < -0.3 is 4.74 Å². The summed E-state index contributed by atoms with van der Waals surface area (Å²) in [4.78, 5) is 10.8. The van der Waals surface area contributed by atoms with Crippen LogP contribution in [0.25, 0.3) is 0 Å². The van der Waals surface area contributed by atoms with Gasteiger partial charge in [0.15, 0.2) is 0 Å². The Balaban J connectivity index is 3.90. The van der Waals surface area contributed by atoms with Gasteiger partial charge in [0.2, 0.25) is 0 Å². The van der Waals surface area contributed by atoms with E-state index >= 15 is 0 Å². The molecule has 2 nitrogen and oxygen atoms in total. The summed E-state index contributed by atoms with van der Waals surface area (Å²) in [5, 5.41) is 0. The second-order valence-corrected chi connectivity index (χ2v) is 2.52. The molecule has 0 fully saturated rings. The number of hydrogen-bond acceptors (Lipinski definition) is 2. The quantitative estimate of drug-likeness (QED) is 0.465. The number of hydrogen-bond donors (Lipinski definition) is 0. The molecule has 0 N–H and O–H groups in total. The molecule has 0 heterocycles. The highest BCUT2D eigenvalue weighted by atomic mass is 16.5. The van der Waals surface area contributed by atoms with E-state index in [0.717, 1.165) is 6.42 Å². The summed E-state index contributed by atoms with van der Waals surface area (Å²) in [6.45, 7) is 5.69. The highest BCUT2D eigenvalue weighted by Crippen LogP contribution is 2.07. The van der Waals surface area contributed by atoms with Crippen molar-refractivity contribution in [2.75, 3.05) is 7.11 Å². The Hall–Kier alpha value is -1.05. The van der Waals surface area contributed by atoms with Gasteiger partial charge in [0, 0.05) is 5.92 Å². The van der Waals surface area contributed by atoms with E-state index in [1.54, 1.807) is 6.08 Å². The maximum atomic E-state index is 10.8. The number of methoxy groups -OCH3 is 1. The van der Waals surface area contributed by atoms with Crippen LogP contribution in [-0.2, 0) is 9.53 Å². The lowest BCUT2D eigenvalue weighted by molar-refractivity contribution is -0.141. The average Bonchev–Trinajstić information content (AvgIpc) is 2.11. The smallest absolute Gasteiger partial charge is 0.306 e. The molecular weight excluding hydrogens is 152 g/mol. The van der Waals surface area contributed by atoms with Gasteiger partial charge in [-0.15, -0.1) is 6.58 Å². The predicted octanol–water partition coefficient (Wildman–Crippen LogP) is 2.32. The molecule has 0 spiro atoms. The molecule has 0 aliphatic carbocycles. The van der Waals surface area contributed by atoms with Crippen LogP contribution < -0.4 is 0 Å². The first kappa shape index (κ1) is 11.0. The molecule has 0 aliphatic heterocycles. The zero-order valence-corrected chi connectivity index (χ0v) is 7.75. The van der Waals surface area contributed by atoms with Crippen LogP contribution in [-0.4, -0.2) is 13.1 Å². The maximum Gasteiger partial charge on any atom is 0.306 e. The van der Waals surface area contributed by atoms with E-state index in [4.69, 9.17) is 0 Å². The lowest BCUT2D eigenvalue weighted by Gasteiger charge is -2.04. The first-order valence-corrected chi connectivity index (χ1v) is 4.10. The molecule has 12 heavy (non-hydrogen) atoms. The van der Waals surface area contributed by atoms with Gasteiger partial charge >= 0.3 is 5.97 Å². The lowest BCUT2D eigenvalue weighted by atomic mass is 10.1. The highest BCUT2D eigenvalue weighted by molar-refractivity contribution is 5.70. The van der Waals surface area contributed by atoms with Crippen LogP contribution in [0.3, 0.4) is 0 Å². The minimum atomic E-state index is -0.194. The largest absolute Gasteiger partial charge is 0.469 e. The Morgan fingerprint density at radius 3 is 2.75 bits per heavy atom. The van der Waals surface area contributed by atoms with Gasteiger partial charge in [-0.25, -0.2) is 0 Å². The van der Waals surface area contributed by atoms with Crippen LogP contribution in [0.2, 0.25) is 0 Å². The maximum absolute atomic E-state index is 10.8. The summed E-state index contributed by atoms with van der Waals surface area (Å²) in [6, 6.07) is 0. The standard InChI is InChI=1S/C10H16O2/c1-4-6-7-9(5-2)8-10(11)12-3/h5-7,9H,2,4,8H2,1,3H3. The van der Waals surface area contributed by atoms with E-state index in [2.05, 4.69) is 18.2 Å². The number of rotatable bonds is 5. The number of carbonyl (C=O) groups excluding carboxylic acids is 1. The van der Waals surface area contributed by atoms with Crippen LogP contribution in [0.5, 0.6) is 0 Å². The Bertz CT molecular complexity index is 171. The van der Waals surface area contributed by atoms with Gasteiger partial charge in [-0.3, -0.25) is 4.79 Å². The molecule has 0 rings (SSSR count). The number of ether oxygens (including phenoxy) is 1. The summed E-state index contributed by atoms with van der Waals surface area (Å²) >= 11 is 0. The van der Waals surface area contributed by atoms with Crippen molar-refractivity contribution in [3.05, 3.63) is 24.8 Å². The molecule has 1 unspecified atom stereocenters. The molecule has 0 aromatic rings. The zero-order chi connectivity index (χ0) is 9.40. The van der Waals surface area contributed by atoms with Gasteiger partial charge in [-0.1, -0.05) is 25.2 Å². The average molecular weight is 168 g/mol. The van der Waals surface area contributed by atoms with Crippen LogP contribution in [0.4, 0.5) is 0 Å². The second kappa shape index (κ2) is 6.65. The van der Waals surface area contributed by atoms with Crippen molar-refractivity contribution in [3.63, 3.8) is 0 Å². The number of allylic oxidation sites excluding steroid dienone is 3. The van der Waals surface area contributed by atoms with E-state index in [9.17, 15) is 4.79 Å². The van der Waals surface area contributed by atoms with Crippen molar-refractivity contribution in [3.8, 4) is 0 Å². The first-order valence-electron chi connectivity index (χ1n) is 4.10. The zero-order valence-electron chi connectivity index (χ0n) is 7.75. The summed E-state index contributed by atoms with van der Waals surface area (Å²) in [5.41, 5.74) is 0. The van der Waals surface area contributed by atoms with Gasteiger partial charge in [0.25, 0.3) is 0 Å². The topological polar surface area (TPSA) is 26.3 Å². The van der Waals surface area contributed by atoms with Crippen molar-refractivity contribution < 1.29 is 9.53 Å². The second-order valence-electron chi connectivity index (χ2n) is 2.52. The minimum Gasteiger partial charge on any atom is -0.469 e. The fraction of sp³-hybridized carbons (Fsp3) is 0.500. The van der Waals surface area contributed by atoms with E-state index in [-0.39, 0.29) is 11.9 Å². The summed E-state index contributed by atoms with van der Waals surface area (Å²) < 4.78 is 4.54. The fourth-order valence-electron chi connectivity index (χ4n) is 0.817. The monoisotopic (exact) mass is 168 g/mol. The van der Waals surface area contributed by atoms with Gasteiger partial charge in [0.05, 0.1) is 13.5 Å². The normalized spacial score (nSPS) is 12.8. The molecular formula is C10H16O2. The Morgan fingerprint density at radius 2 is 2.33 bits per heavy atom. The van der Waals surface area contributed by atoms with Crippen molar-refractivity contribution >= 4 is 5.97 Å². The van der Waals surface area contributed by atoms with E-state index in [1.165, 1.54) is 7.11 Å². The molecule has 1 atom stereocenters. The molecule has 0 saturated heterocycles. The molecule has 0 bridgehead atoms. The molecule has 0 aliphatic rings. The highest BCUT2D eigenvalue weighted by Gasteiger charge is 2.06. The lowest BCUT2D eigenvalue weighted by Crippen LogP contribution is -2.05. The number of esters is 1. The SMILES string of the molecule is C=CC(C=CCC)CC(=O)OC. The fourth-order valence-corrected chi connectivity index (χ4v) is 0.817. The van der Waals surface area contributed by atoms with Crippen LogP contribution in [0.1, 0.15) is 19.8 Å². The van der Waals surface area contributed by atoms with E-state index in [1.807, 2.05) is 12.2 Å². The molecule has 68 valence electrons. The molecule has 0 radical (unpaired) electrons. The molecule has 0 aromatic heterocycles. The molecule has 2 heteroatoms. The first-order chi connectivity index (χ1) is 5.74. The predicted molar refractivity (Wildman–Crippen MR) is 49.8 cm³/mol. The third-order valence-corrected chi connectivity index (χ3v) is 1.55. The van der Waals surface area contributed by atoms with Gasteiger partial charge in [0.1, 0.15) is 0 Å². The molecule has 0 aromatic carbocycles. The van der Waals surface area contributed by atoms with E-state index in [0.29, 0.717) is 6.42 Å². The third-order valence-electron chi connectivity index (χ3n) is 1.55. The van der Waals surface area contributed by atoms with Crippen molar-refractivity contribution in [2.45, 2.75) is 19.8 Å². The van der Waals surface area contributed by atoms with Crippen LogP contribution in [0, 0.1) is 5.92 Å². The Morgan fingerprint density at radius 1 is 1.67 bits per heavy atom. The minimum absolute atomic E-state index is 0.109. The van der Waals surface area contributed by atoms with Gasteiger partial charge in [-0.05, 0) is 6.42 Å². The Labute approximate surface area is 73.9 Å². The molecule has 0 amide bonds. The van der Waals surface area contributed by atoms with Crippen molar-refractivity contribution in [2.24, 2.45) is 5.92 Å². The van der Waals surface area contributed by atoms with Crippen molar-refractivity contribution in [1.29, 1.82) is 0 Å². The van der Waals surface area contributed by atoms with Gasteiger partial charge in [-0.2, -0.15) is 0 Å². The van der Waals surface area contributed by atoms with Crippen LogP contribution in [0.15, 0.2) is 24.8 Å². The Kier molecular flexibility index (Phi) is 6.07. The van der Waals surface area contributed by atoms with Crippen LogP contribution >= 0.6 is 0 Å². The van der Waals surface area contributed by atoms with Crippen molar-refractivity contribution in [1.82, 2.24) is 0 Å². The molecule has 0 saturated carbocycles.